The number of hydrogen-bond acceptors (Lipinski definition) is 7. The minimum absolute atomic E-state index is 0.0101. The highest BCUT2D eigenvalue weighted by molar-refractivity contribution is 5.94. The number of nitrogens with one attached hydrogen (secondary N) is 1. The maximum atomic E-state index is 13.4. The molecule has 0 radical (unpaired) electrons. The fourth-order valence-corrected chi connectivity index (χ4v) is 4.39. The molecule has 196 valence electrons. The van der Waals surface area contributed by atoms with Gasteiger partial charge >= 0.3 is 6.03 Å². The van der Waals surface area contributed by atoms with E-state index >= 15 is 0 Å². The SMILES string of the molecule is CC1C(c2cc(N(C)Cc3ccc(C(=N)N)cc3)n(C(=O)C(C)(C)CO)n2)CC(O)N1C(=O)N(C)C. The van der Waals surface area contributed by atoms with Crippen molar-refractivity contribution in [1.29, 1.82) is 5.41 Å². The van der Waals surface area contributed by atoms with Crippen molar-refractivity contribution in [3.63, 3.8) is 0 Å². The minimum Gasteiger partial charge on any atom is -0.395 e. The first-order valence-corrected chi connectivity index (χ1v) is 11.9. The van der Waals surface area contributed by atoms with Crippen LogP contribution < -0.4 is 10.6 Å². The number of anilines is 1. The lowest BCUT2D eigenvalue weighted by atomic mass is 9.94. The number of aliphatic hydroxyl groups is 2. The third kappa shape index (κ3) is 5.21. The van der Waals surface area contributed by atoms with Gasteiger partial charge in [0.1, 0.15) is 17.9 Å². The normalized spacial score (nSPS) is 19.9. The van der Waals surface area contributed by atoms with Crippen molar-refractivity contribution >= 4 is 23.6 Å². The molecule has 1 aliphatic rings. The topological polar surface area (TPSA) is 152 Å². The standard InChI is InChI=1S/C25H37N7O4/c1-15-18(11-21(34)31(15)24(36)29(4)5)19-12-20(32(28-19)23(35)25(2,3)14-33)30(6)13-16-7-9-17(10-8-16)22(26)27/h7-10,12,15,18,21,33-34H,11,13-14H2,1-6H3,(H3,26,27). The van der Waals surface area contributed by atoms with Crippen LogP contribution in [0.1, 0.15) is 54.7 Å². The largest absolute Gasteiger partial charge is 0.395 e. The summed E-state index contributed by atoms with van der Waals surface area (Å²) in [6, 6.07) is 8.46. The van der Waals surface area contributed by atoms with Crippen LogP contribution in [0.5, 0.6) is 0 Å². The van der Waals surface area contributed by atoms with Crippen LogP contribution in [-0.4, -0.2) is 87.6 Å². The van der Waals surface area contributed by atoms with Crippen molar-refractivity contribution in [2.45, 2.75) is 51.9 Å². The van der Waals surface area contributed by atoms with E-state index in [1.807, 2.05) is 37.1 Å². The molecule has 3 rings (SSSR count). The van der Waals surface area contributed by atoms with Gasteiger partial charge in [-0.25, -0.2) is 4.79 Å². The lowest BCUT2D eigenvalue weighted by Crippen LogP contribution is -2.46. The van der Waals surface area contributed by atoms with Crippen LogP contribution in [0.25, 0.3) is 0 Å². The molecule has 2 aromatic rings. The van der Waals surface area contributed by atoms with Gasteiger partial charge in [0.25, 0.3) is 5.91 Å². The van der Waals surface area contributed by atoms with Gasteiger partial charge in [0.05, 0.1) is 17.7 Å². The number of nitrogens with zero attached hydrogens (tertiary/aromatic N) is 5. The Labute approximate surface area is 211 Å². The van der Waals surface area contributed by atoms with Crippen molar-refractivity contribution in [2.75, 3.05) is 32.6 Å². The van der Waals surface area contributed by atoms with Crippen LogP contribution in [0.3, 0.4) is 0 Å². The Morgan fingerprint density at radius 3 is 2.36 bits per heavy atom. The summed E-state index contributed by atoms with van der Waals surface area (Å²) < 4.78 is 1.31. The van der Waals surface area contributed by atoms with Crippen LogP contribution in [0.15, 0.2) is 30.3 Å². The van der Waals surface area contributed by atoms with E-state index in [1.165, 1.54) is 14.5 Å². The molecule has 36 heavy (non-hydrogen) atoms. The van der Waals surface area contributed by atoms with Gasteiger partial charge < -0.3 is 25.7 Å². The molecule has 0 aliphatic carbocycles. The van der Waals surface area contributed by atoms with E-state index in [4.69, 9.17) is 11.1 Å². The Morgan fingerprint density at radius 2 is 1.83 bits per heavy atom. The summed E-state index contributed by atoms with van der Waals surface area (Å²) in [7, 11) is 5.11. The molecule has 0 spiro atoms. The Balaban J connectivity index is 1.98. The zero-order valence-corrected chi connectivity index (χ0v) is 21.8. The van der Waals surface area contributed by atoms with E-state index in [1.54, 1.807) is 40.1 Å². The summed E-state index contributed by atoms with van der Waals surface area (Å²) in [5, 5.41) is 32.7. The van der Waals surface area contributed by atoms with Crippen molar-refractivity contribution in [2.24, 2.45) is 11.1 Å². The lowest BCUT2D eigenvalue weighted by molar-refractivity contribution is 0.0380. The summed E-state index contributed by atoms with van der Waals surface area (Å²) in [6.45, 7) is 5.27. The number of likely N-dealkylation sites (tertiary alicyclic amines) is 1. The maximum Gasteiger partial charge on any atom is 0.321 e. The number of hydrogen-bond donors (Lipinski definition) is 4. The van der Waals surface area contributed by atoms with Gasteiger partial charge in [-0.15, -0.1) is 0 Å². The van der Waals surface area contributed by atoms with Gasteiger partial charge in [0.2, 0.25) is 0 Å². The second-order valence-electron chi connectivity index (χ2n) is 10.3. The van der Waals surface area contributed by atoms with Gasteiger partial charge in [-0.3, -0.25) is 15.1 Å². The van der Waals surface area contributed by atoms with Gasteiger partial charge in [-0.1, -0.05) is 24.3 Å². The monoisotopic (exact) mass is 499 g/mol. The van der Waals surface area contributed by atoms with Gasteiger partial charge in [-0.2, -0.15) is 9.78 Å². The summed E-state index contributed by atoms with van der Waals surface area (Å²) in [5.41, 5.74) is 6.65. The number of aliphatic hydroxyl groups excluding tert-OH is 2. The van der Waals surface area contributed by atoms with Crippen molar-refractivity contribution in [3.05, 3.63) is 47.2 Å². The lowest BCUT2D eigenvalue weighted by Gasteiger charge is -2.29. The molecule has 0 saturated carbocycles. The van der Waals surface area contributed by atoms with Crippen molar-refractivity contribution in [3.8, 4) is 0 Å². The minimum atomic E-state index is -1.06. The van der Waals surface area contributed by atoms with Crippen molar-refractivity contribution < 1.29 is 19.8 Å². The third-order valence-electron chi connectivity index (χ3n) is 6.74. The molecule has 11 heteroatoms. The molecule has 5 N–H and O–H groups in total. The number of carbonyl (C=O) groups is 2. The average molecular weight is 500 g/mol. The van der Waals surface area contributed by atoms with Gasteiger partial charge in [-0.05, 0) is 26.3 Å². The van der Waals surface area contributed by atoms with E-state index < -0.39 is 11.6 Å². The summed E-state index contributed by atoms with van der Waals surface area (Å²) in [5.74, 6) is -0.120. The molecule has 3 unspecified atom stereocenters. The molecule has 1 aromatic heterocycles. The fourth-order valence-electron chi connectivity index (χ4n) is 4.39. The van der Waals surface area contributed by atoms with Crippen LogP contribution >= 0.6 is 0 Å². The Bertz CT molecular complexity index is 1130. The number of amidine groups is 1. The number of rotatable bonds is 7. The quantitative estimate of drug-likeness (QED) is 0.334. The van der Waals surface area contributed by atoms with Crippen LogP contribution in [0.2, 0.25) is 0 Å². The van der Waals surface area contributed by atoms with E-state index in [2.05, 4.69) is 5.10 Å². The van der Waals surface area contributed by atoms with E-state index in [0.29, 0.717) is 30.0 Å². The zero-order valence-electron chi connectivity index (χ0n) is 21.8. The second kappa shape index (κ2) is 10.3. The van der Waals surface area contributed by atoms with E-state index in [0.717, 1.165) is 5.56 Å². The number of aromatic nitrogens is 2. The molecule has 1 aromatic carbocycles. The number of urea groups is 1. The molecule has 1 fully saturated rings. The smallest absolute Gasteiger partial charge is 0.321 e. The molecule has 2 amide bonds. The van der Waals surface area contributed by atoms with Gasteiger partial charge in [0.15, 0.2) is 0 Å². The number of benzene rings is 1. The summed E-state index contributed by atoms with van der Waals surface area (Å²) >= 11 is 0. The first-order chi connectivity index (χ1) is 16.8. The number of carbonyl (C=O) groups excluding carboxylic acids is 2. The first-order valence-electron chi connectivity index (χ1n) is 11.9. The Morgan fingerprint density at radius 1 is 1.22 bits per heavy atom. The van der Waals surface area contributed by atoms with Crippen LogP contribution in [0, 0.1) is 10.8 Å². The number of nitrogen functional groups attached to an aromatic ring is 1. The summed E-state index contributed by atoms with van der Waals surface area (Å²) in [4.78, 5) is 30.7. The fraction of sp³-hybridized carbons (Fsp3) is 0.520. The third-order valence-corrected chi connectivity index (χ3v) is 6.74. The molecular formula is C25H37N7O4. The number of nitrogens with two attached hydrogens (primary N) is 1. The zero-order chi connectivity index (χ0) is 26.9. The Hall–Kier alpha value is -3.44. The first kappa shape index (κ1) is 27.2. The van der Waals surface area contributed by atoms with Gasteiger partial charge in [0, 0.05) is 57.7 Å². The van der Waals surface area contributed by atoms with Crippen LogP contribution in [0.4, 0.5) is 10.6 Å². The molecule has 11 nitrogen and oxygen atoms in total. The molecule has 1 saturated heterocycles. The maximum absolute atomic E-state index is 13.4. The average Bonchev–Trinajstić information content (AvgIpc) is 3.39. The molecule has 0 bridgehead atoms. The highest BCUT2D eigenvalue weighted by atomic mass is 16.3. The van der Waals surface area contributed by atoms with E-state index in [9.17, 15) is 19.8 Å². The number of amides is 2. The summed E-state index contributed by atoms with van der Waals surface area (Å²) in [6.07, 6.45) is -0.666. The molecular weight excluding hydrogens is 462 g/mol. The van der Waals surface area contributed by atoms with Crippen LogP contribution in [-0.2, 0) is 6.54 Å². The predicted molar refractivity (Wildman–Crippen MR) is 137 cm³/mol. The van der Waals surface area contributed by atoms with E-state index in [-0.39, 0.29) is 36.3 Å². The molecule has 1 aliphatic heterocycles. The van der Waals surface area contributed by atoms with Crippen molar-refractivity contribution in [1.82, 2.24) is 19.6 Å². The second-order valence-corrected chi connectivity index (χ2v) is 10.3. The highest BCUT2D eigenvalue weighted by Gasteiger charge is 2.44. The highest BCUT2D eigenvalue weighted by Crippen LogP contribution is 2.38. The molecule has 2 heterocycles. The Kier molecular flexibility index (Phi) is 7.75. The predicted octanol–water partition coefficient (Wildman–Crippen LogP) is 1.64. The molecule has 3 atom stereocenters.